The Morgan fingerprint density at radius 3 is 2.90 bits per heavy atom. The first-order valence-electron chi connectivity index (χ1n) is 5.99. The Morgan fingerprint density at radius 2 is 2.14 bits per heavy atom. The molecule has 0 saturated heterocycles. The summed E-state index contributed by atoms with van der Waals surface area (Å²) in [6, 6.07) is 8.54. The van der Waals surface area contributed by atoms with Crippen LogP contribution in [0.3, 0.4) is 0 Å². The summed E-state index contributed by atoms with van der Waals surface area (Å²) in [5.41, 5.74) is 0.278. The number of para-hydroxylation sites is 1. The van der Waals surface area contributed by atoms with E-state index in [9.17, 15) is 4.79 Å². The van der Waals surface area contributed by atoms with Gasteiger partial charge in [0.25, 0.3) is 5.56 Å². The van der Waals surface area contributed by atoms with Gasteiger partial charge in [0.1, 0.15) is 12.4 Å². The van der Waals surface area contributed by atoms with E-state index in [1.54, 1.807) is 12.1 Å². The van der Waals surface area contributed by atoms with Crippen LogP contribution in [0.4, 0.5) is 0 Å². The number of fused-ring (bicyclic) bond motifs is 1. The average Bonchev–Trinajstić information content (AvgIpc) is 2.90. The van der Waals surface area contributed by atoms with E-state index in [2.05, 4.69) is 10.1 Å². The second-order valence-corrected chi connectivity index (χ2v) is 5.84. The highest BCUT2D eigenvalue weighted by Crippen LogP contribution is 2.24. The molecule has 108 valence electrons. The van der Waals surface area contributed by atoms with E-state index in [1.165, 1.54) is 21.9 Å². The van der Waals surface area contributed by atoms with Gasteiger partial charge in [0.2, 0.25) is 4.96 Å². The van der Waals surface area contributed by atoms with Crippen molar-refractivity contribution < 1.29 is 4.74 Å². The molecule has 0 amide bonds. The number of hydrogen-bond acceptors (Lipinski definition) is 5. The predicted molar refractivity (Wildman–Crippen MR) is 82.5 cm³/mol. The van der Waals surface area contributed by atoms with Crippen molar-refractivity contribution in [3.8, 4) is 5.75 Å². The normalized spacial score (nSPS) is 11.0. The maximum Gasteiger partial charge on any atom is 0.275 e. The molecule has 5 nitrogen and oxygen atoms in total. The molecule has 0 saturated carbocycles. The molecule has 3 rings (SSSR count). The summed E-state index contributed by atoms with van der Waals surface area (Å²) in [4.78, 5) is 16.6. The zero-order valence-corrected chi connectivity index (χ0v) is 13.0. The van der Waals surface area contributed by atoms with Gasteiger partial charge in [-0.1, -0.05) is 35.1 Å². The second kappa shape index (κ2) is 6.01. The molecule has 0 fully saturated rings. The molecule has 0 bridgehead atoms. The van der Waals surface area contributed by atoms with Gasteiger partial charge < -0.3 is 4.74 Å². The summed E-state index contributed by atoms with van der Waals surface area (Å²) >= 11 is 13.0. The fourth-order valence-corrected chi connectivity index (χ4v) is 2.88. The van der Waals surface area contributed by atoms with E-state index in [1.807, 2.05) is 12.1 Å². The first-order chi connectivity index (χ1) is 10.2. The molecule has 0 aliphatic rings. The van der Waals surface area contributed by atoms with Crippen molar-refractivity contribution >= 4 is 39.5 Å². The maximum atomic E-state index is 11.8. The number of rotatable bonds is 4. The molecule has 21 heavy (non-hydrogen) atoms. The number of halogens is 2. The van der Waals surface area contributed by atoms with E-state index in [4.69, 9.17) is 27.9 Å². The molecule has 0 aliphatic heterocycles. The Hall–Kier alpha value is -1.63. The number of nitrogens with zero attached hydrogens (tertiary/aromatic N) is 3. The lowest BCUT2D eigenvalue weighted by Gasteiger charge is -2.04. The van der Waals surface area contributed by atoms with Gasteiger partial charge in [0, 0.05) is 6.07 Å². The lowest BCUT2D eigenvalue weighted by molar-refractivity contribution is 0.304. The molecule has 0 spiro atoms. The average molecular weight is 342 g/mol. The number of ether oxygens (including phenoxy) is 1. The summed E-state index contributed by atoms with van der Waals surface area (Å²) < 4.78 is 6.84. The van der Waals surface area contributed by atoms with Crippen LogP contribution in [0, 0.1) is 0 Å². The van der Waals surface area contributed by atoms with Gasteiger partial charge in [-0.15, -0.1) is 11.6 Å². The Kier molecular flexibility index (Phi) is 4.10. The van der Waals surface area contributed by atoms with Crippen LogP contribution in [0.5, 0.6) is 5.75 Å². The molecule has 0 unspecified atom stereocenters. The predicted octanol–water partition coefficient (Wildman–Crippen LogP) is 3.12. The van der Waals surface area contributed by atoms with Crippen LogP contribution in [-0.4, -0.2) is 14.6 Å². The van der Waals surface area contributed by atoms with Crippen molar-refractivity contribution in [1.29, 1.82) is 0 Å². The van der Waals surface area contributed by atoms with Gasteiger partial charge in [-0.3, -0.25) is 4.79 Å². The monoisotopic (exact) mass is 341 g/mol. The molecule has 0 N–H and O–H groups in total. The number of benzene rings is 1. The van der Waals surface area contributed by atoms with Crippen molar-refractivity contribution in [2.24, 2.45) is 0 Å². The van der Waals surface area contributed by atoms with Crippen LogP contribution in [0.2, 0.25) is 5.02 Å². The molecule has 0 aliphatic carbocycles. The Bertz CT molecular complexity index is 847. The van der Waals surface area contributed by atoms with Crippen molar-refractivity contribution in [3.05, 3.63) is 56.4 Å². The summed E-state index contributed by atoms with van der Waals surface area (Å²) in [7, 11) is 0. The van der Waals surface area contributed by atoms with E-state index >= 15 is 0 Å². The third kappa shape index (κ3) is 3.02. The van der Waals surface area contributed by atoms with Gasteiger partial charge in [0.05, 0.1) is 16.6 Å². The van der Waals surface area contributed by atoms with Crippen LogP contribution < -0.4 is 10.3 Å². The zero-order chi connectivity index (χ0) is 14.8. The number of hydrogen-bond donors (Lipinski definition) is 0. The number of alkyl halides is 1. The quantitative estimate of drug-likeness (QED) is 0.684. The van der Waals surface area contributed by atoms with E-state index < -0.39 is 0 Å². The third-order valence-electron chi connectivity index (χ3n) is 2.66. The molecule has 2 aromatic heterocycles. The minimum atomic E-state index is -0.254. The highest BCUT2D eigenvalue weighted by atomic mass is 35.5. The van der Waals surface area contributed by atoms with Gasteiger partial charge >= 0.3 is 0 Å². The molecular weight excluding hydrogens is 333 g/mol. The molecular formula is C13H9Cl2N3O2S. The standard InChI is InChI=1S/C13H9Cl2N3O2S/c14-6-8-5-12(19)18-13(16-8)21-11(17-18)7-20-10-4-2-1-3-9(10)15/h1-5H,6-7H2. The smallest absolute Gasteiger partial charge is 0.275 e. The molecule has 0 atom stereocenters. The Labute approximate surface area is 133 Å². The van der Waals surface area contributed by atoms with Crippen LogP contribution in [0.1, 0.15) is 10.7 Å². The van der Waals surface area contributed by atoms with Crippen LogP contribution in [0.25, 0.3) is 4.96 Å². The lowest BCUT2D eigenvalue weighted by atomic mass is 10.3. The van der Waals surface area contributed by atoms with Crippen molar-refractivity contribution in [1.82, 2.24) is 14.6 Å². The minimum Gasteiger partial charge on any atom is -0.485 e. The van der Waals surface area contributed by atoms with E-state index in [0.717, 1.165) is 0 Å². The summed E-state index contributed by atoms with van der Waals surface area (Å²) in [6.07, 6.45) is 0. The lowest BCUT2D eigenvalue weighted by Crippen LogP contribution is -2.15. The highest BCUT2D eigenvalue weighted by Gasteiger charge is 2.10. The summed E-state index contributed by atoms with van der Waals surface area (Å²) in [5, 5.41) is 5.34. The first-order valence-corrected chi connectivity index (χ1v) is 7.72. The van der Waals surface area contributed by atoms with Crippen LogP contribution in [0.15, 0.2) is 35.1 Å². The van der Waals surface area contributed by atoms with Gasteiger partial charge in [-0.25, -0.2) is 4.98 Å². The first kappa shape index (κ1) is 14.3. The topological polar surface area (TPSA) is 56.5 Å². The molecule has 3 aromatic rings. The fourth-order valence-electron chi connectivity index (χ4n) is 1.72. The molecule has 1 aromatic carbocycles. The molecule has 2 heterocycles. The summed E-state index contributed by atoms with van der Waals surface area (Å²) in [5.74, 6) is 0.759. The minimum absolute atomic E-state index is 0.190. The van der Waals surface area contributed by atoms with Crippen LogP contribution >= 0.6 is 34.5 Å². The maximum absolute atomic E-state index is 11.8. The second-order valence-electron chi connectivity index (χ2n) is 4.13. The fraction of sp³-hybridized carbons (Fsp3) is 0.154. The Morgan fingerprint density at radius 1 is 1.33 bits per heavy atom. The van der Waals surface area contributed by atoms with Crippen molar-refractivity contribution in [2.75, 3.05) is 0 Å². The third-order valence-corrected chi connectivity index (χ3v) is 4.13. The zero-order valence-electron chi connectivity index (χ0n) is 10.6. The van der Waals surface area contributed by atoms with Gasteiger partial charge in [-0.05, 0) is 12.1 Å². The largest absolute Gasteiger partial charge is 0.485 e. The van der Waals surface area contributed by atoms with Crippen molar-refractivity contribution in [2.45, 2.75) is 12.5 Å². The highest BCUT2D eigenvalue weighted by molar-refractivity contribution is 7.16. The number of aromatic nitrogens is 3. The van der Waals surface area contributed by atoms with E-state index in [0.29, 0.717) is 26.4 Å². The summed E-state index contributed by atoms with van der Waals surface area (Å²) in [6.45, 7) is 0.216. The molecule has 8 heteroatoms. The van der Waals surface area contributed by atoms with Crippen LogP contribution in [-0.2, 0) is 12.5 Å². The van der Waals surface area contributed by atoms with E-state index in [-0.39, 0.29) is 18.0 Å². The Balaban J connectivity index is 1.87. The molecule has 0 radical (unpaired) electrons. The van der Waals surface area contributed by atoms with Gasteiger partial charge in [-0.2, -0.15) is 9.61 Å². The van der Waals surface area contributed by atoms with Gasteiger partial charge in [0.15, 0.2) is 5.01 Å². The van der Waals surface area contributed by atoms with Crippen molar-refractivity contribution in [3.63, 3.8) is 0 Å². The SMILES string of the molecule is O=c1cc(CCl)nc2sc(COc3ccccc3Cl)nn12.